The molecule has 1 amide bonds. The molecule has 0 radical (unpaired) electrons. The van der Waals surface area contributed by atoms with Gasteiger partial charge in [-0.3, -0.25) is 9.59 Å². The van der Waals surface area contributed by atoms with Crippen molar-refractivity contribution in [1.29, 1.82) is 0 Å². The fourth-order valence-electron chi connectivity index (χ4n) is 2.41. The molecule has 0 spiro atoms. The first-order valence-electron chi connectivity index (χ1n) is 7.64. The standard InChI is InChI=1S/C19H13F3N2O2/c20-14-3-1-2-12(8-14)10-24-11-13(4-7-18(24)25)19(26)23-17-9-15(21)5-6-16(17)22/h1-9,11H,10H2,(H,23,26). The molecule has 1 aromatic heterocycles. The number of amides is 1. The van der Waals surface area contributed by atoms with Gasteiger partial charge in [-0.2, -0.15) is 0 Å². The number of pyridine rings is 1. The fraction of sp³-hybridized carbons (Fsp3) is 0.0526. The van der Waals surface area contributed by atoms with Gasteiger partial charge in [0, 0.05) is 18.3 Å². The van der Waals surface area contributed by atoms with Crippen molar-refractivity contribution in [2.45, 2.75) is 6.54 Å². The first-order valence-corrected chi connectivity index (χ1v) is 7.64. The van der Waals surface area contributed by atoms with E-state index in [1.54, 1.807) is 6.07 Å². The monoisotopic (exact) mass is 358 g/mol. The number of benzene rings is 2. The van der Waals surface area contributed by atoms with Crippen LogP contribution in [0.25, 0.3) is 0 Å². The second kappa shape index (κ2) is 7.26. The minimum atomic E-state index is -0.784. The SMILES string of the molecule is O=C(Nc1cc(F)ccc1F)c1ccc(=O)n(Cc2cccc(F)c2)c1. The summed E-state index contributed by atoms with van der Waals surface area (Å²) in [5, 5.41) is 2.26. The van der Waals surface area contributed by atoms with Gasteiger partial charge in [0.1, 0.15) is 17.5 Å². The molecule has 0 aliphatic heterocycles. The van der Waals surface area contributed by atoms with E-state index in [4.69, 9.17) is 0 Å². The Morgan fingerprint density at radius 1 is 0.962 bits per heavy atom. The highest BCUT2D eigenvalue weighted by Gasteiger charge is 2.12. The molecule has 3 rings (SSSR count). The van der Waals surface area contributed by atoms with Gasteiger partial charge in [-0.05, 0) is 35.9 Å². The molecule has 0 unspecified atom stereocenters. The first kappa shape index (κ1) is 17.5. The van der Waals surface area contributed by atoms with Crippen LogP contribution in [-0.4, -0.2) is 10.5 Å². The number of aromatic nitrogens is 1. The van der Waals surface area contributed by atoms with Gasteiger partial charge in [-0.15, -0.1) is 0 Å². The van der Waals surface area contributed by atoms with Crippen molar-refractivity contribution < 1.29 is 18.0 Å². The quantitative estimate of drug-likeness (QED) is 0.775. The van der Waals surface area contributed by atoms with Gasteiger partial charge < -0.3 is 9.88 Å². The summed E-state index contributed by atoms with van der Waals surface area (Å²) in [6.45, 7) is 0.0615. The maximum atomic E-state index is 13.6. The van der Waals surface area contributed by atoms with E-state index in [1.165, 1.54) is 41.1 Å². The summed E-state index contributed by atoms with van der Waals surface area (Å²) < 4.78 is 41.3. The molecule has 0 saturated carbocycles. The number of carbonyl (C=O) groups is 1. The van der Waals surface area contributed by atoms with Crippen LogP contribution in [-0.2, 0) is 6.54 Å². The Bertz CT molecular complexity index is 1030. The first-order chi connectivity index (χ1) is 12.4. The molecule has 132 valence electrons. The van der Waals surface area contributed by atoms with Crippen LogP contribution in [0, 0.1) is 17.5 Å². The molecular formula is C19H13F3N2O2. The molecule has 2 aromatic carbocycles. The third kappa shape index (κ3) is 4.00. The van der Waals surface area contributed by atoms with Crippen LogP contribution < -0.4 is 10.9 Å². The average molecular weight is 358 g/mol. The van der Waals surface area contributed by atoms with Crippen LogP contribution in [0.2, 0.25) is 0 Å². The summed E-state index contributed by atoms with van der Waals surface area (Å²) in [6.07, 6.45) is 1.28. The molecule has 1 heterocycles. The molecule has 0 bridgehead atoms. The Hall–Kier alpha value is -3.35. The Morgan fingerprint density at radius 3 is 2.50 bits per heavy atom. The third-order valence-electron chi connectivity index (χ3n) is 3.66. The van der Waals surface area contributed by atoms with Crippen molar-refractivity contribution in [3.05, 3.63) is 99.7 Å². The van der Waals surface area contributed by atoms with Gasteiger partial charge in [0.15, 0.2) is 0 Å². The summed E-state index contributed by atoms with van der Waals surface area (Å²) in [6, 6.07) is 10.9. The van der Waals surface area contributed by atoms with E-state index in [2.05, 4.69) is 5.32 Å². The summed E-state index contributed by atoms with van der Waals surface area (Å²) in [5.74, 6) is -2.63. The maximum absolute atomic E-state index is 13.6. The van der Waals surface area contributed by atoms with Crippen molar-refractivity contribution in [2.24, 2.45) is 0 Å². The number of rotatable bonds is 4. The lowest BCUT2D eigenvalue weighted by Gasteiger charge is -2.10. The highest BCUT2D eigenvalue weighted by atomic mass is 19.1. The molecule has 26 heavy (non-hydrogen) atoms. The van der Waals surface area contributed by atoms with Gasteiger partial charge in [0.25, 0.3) is 11.5 Å². The highest BCUT2D eigenvalue weighted by molar-refractivity contribution is 6.04. The van der Waals surface area contributed by atoms with Crippen LogP contribution in [0.4, 0.5) is 18.9 Å². The minimum absolute atomic E-state index is 0.0615. The number of carbonyl (C=O) groups excluding carboxylic acids is 1. The molecule has 3 aromatic rings. The van der Waals surface area contributed by atoms with E-state index in [0.29, 0.717) is 5.56 Å². The normalized spacial score (nSPS) is 10.6. The predicted molar refractivity (Wildman–Crippen MR) is 90.5 cm³/mol. The molecule has 0 fully saturated rings. The van der Waals surface area contributed by atoms with E-state index in [0.717, 1.165) is 18.2 Å². The zero-order valence-corrected chi connectivity index (χ0v) is 13.4. The van der Waals surface area contributed by atoms with Gasteiger partial charge >= 0.3 is 0 Å². The molecule has 7 heteroatoms. The van der Waals surface area contributed by atoms with E-state index in [-0.39, 0.29) is 23.4 Å². The smallest absolute Gasteiger partial charge is 0.257 e. The summed E-state index contributed by atoms with van der Waals surface area (Å²) in [7, 11) is 0. The molecule has 0 aliphatic carbocycles. The van der Waals surface area contributed by atoms with Gasteiger partial charge in [0.05, 0.1) is 17.8 Å². The third-order valence-corrected chi connectivity index (χ3v) is 3.66. The largest absolute Gasteiger partial charge is 0.319 e. The molecule has 1 N–H and O–H groups in total. The zero-order valence-electron chi connectivity index (χ0n) is 13.4. The van der Waals surface area contributed by atoms with Crippen molar-refractivity contribution >= 4 is 11.6 Å². The lowest BCUT2D eigenvalue weighted by atomic mass is 10.2. The van der Waals surface area contributed by atoms with E-state index < -0.39 is 23.4 Å². The minimum Gasteiger partial charge on any atom is -0.319 e. The second-order valence-electron chi connectivity index (χ2n) is 5.59. The number of halogens is 3. The molecule has 4 nitrogen and oxygen atoms in total. The maximum Gasteiger partial charge on any atom is 0.257 e. The number of nitrogens with zero attached hydrogens (tertiary/aromatic N) is 1. The van der Waals surface area contributed by atoms with Crippen molar-refractivity contribution in [2.75, 3.05) is 5.32 Å². The fourth-order valence-corrected chi connectivity index (χ4v) is 2.41. The topological polar surface area (TPSA) is 51.1 Å². The Balaban J connectivity index is 1.85. The number of anilines is 1. The lowest BCUT2D eigenvalue weighted by molar-refractivity contribution is 0.102. The van der Waals surface area contributed by atoms with E-state index in [1.807, 2.05) is 0 Å². The number of hydrogen-bond donors (Lipinski definition) is 1. The predicted octanol–water partition coefficient (Wildman–Crippen LogP) is 3.57. The summed E-state index contributed by atoms with van der Waals surface area (Å²) in [4.78, 5) is 24.2. The molecule has 0 saturated heterocycles. The molecule has 0 atom stereocenters. The van der Waals surface area contributed by atoms with Crippen LogP contribution in [0.1, 0.15) is 15.9 Å². The summed E-state index contributed by atoms with van der Waals surface area (Å²) in [5.41, 5.74) is -0.0777. The second-order valence-corrected chi connectivity index (χ2v) is 5.59. The van der Waals surface area contributed by atoms with Crippen molar-refractivity contribution in [1.82, 2.24) is 4.57 Å². The highest BCUT2D eigenvalue weighted by Crippen LogP contribution is 2.16. The van der Waals surface area contributed by atoms with E-state index in [9.17, 15) is 22.8 Å². The van der Waals surface area contributed by atoms with Crippen LogP contribution in [0.15, 0.2) is 65.6 Å². The number of nitrogens with one attached hydrogen (secondary N) is 1. The Morgan fingerprint density at radius 2 is 1.73 bits per heavy atom. The van der Waals surface area contributed by atoms with Crippen LogP contribution in [0.3, 0.4) is 0 Å². The van der Waals surface area contributed by atoms with Gasteiger partial charge in [-0.25, -0.2) is 13.2 Å². The van der Waals surface area contributed by atoms with Crippen LogP contribution in [0.5, 0.6) is 0 Å². The van der Waals surface area contributed by atoms with Crippen LogP contribution >= 0.6 is 0 Å². The Labute approximate surface area is 146 Å². The van der Waals surface area contributed by atoms with Crippen molar-refractivity contribution in [3.8, 4) is 0 Å². The Kier molecular flexibility index (Phi) is 4.88. The molecular weight excluding hydrogens is 345 g/mol. The van der Waals surface area contributed by atoms with Gasteiger partial charge in [-0.1, -0.05) is 12.1 Å². The lowest BCUT2D eigenvalue weighted by Crippen LogP contribution is -2.22. The van der Waals surface area contributed by atoms with Gasteiger partial charge in [0.2, 0.25) is 0 Å². The number of hydrogen-bond acceptors (Lipinski definition) is 2. The van der Waals surface area contributed by atoms with E-state index >= 15 is 0 Å². The molecule has 0 aliphatic rings. The average Bonchev–Trinajstić information content (AvgIpc) is 2.60. The van der Waals surface area contributed by atoms with Crippen molar-refractivity contribution in [3.63, 3.8) is 0 Å². The zero-order chi connectivity index (χ0) is 18.7. The summed E-state index contributed by atoms with van der Waals surface area (Å²) >= 11 is 0.